The Morgan fingerprint density at radius 3 is 2.62 bits per heavy atom. The number of carbonyl (C=O) groups excluding carboxylic acids is 1. The van der Waals surface area contributed by atoms with Gasteiger partial charge in [0, 0.05) is 10.6 Å². The van der Waals surface area contributed by atoms with Crippen LogP contribution in [0.3, 0.4) is 0 Å². The number of benzene rings is 1. The van der Waals surface area contributed by atoms with Crippen LogP contribution in [-0.2, 0) is 0 Å². The largest absolute Gasteiger partial charge is 0.543 e. The number of hydrogen-bond donors (Lipinski definition) is 1. The van der Waals surface area contributed by atoms with Gasteiger partial charge in [0.15, 0.2) is 0 Å². The van der Waals surface area contributed by atoms with Crippen LogP contribution >= 0.6 is 23.2 Å². The Bertz CT molecular complexity index is 552. The number of aromatic carboxylic acids is 1. The molecule has 0 spiro atoms. The zero-order valence-corrected chi connectivity index (χ0v) is 9.34. The molecule has 1 N–H and O–H groups in total. The second kappa shape index (κ2) is 4.15. The number of halogens is 2. The molecule has 0 saturated heterocycles. The van der Waals surface area contributed by atoms with Gasteiger partial charge in [0.25, 0.3) is 0 Å². The number of carboxylic acids is 1. The quantitative estimate of drug-likeness (QED) is 0.889. The lowest BCUT2D eigenvalue weighted by atomic mass is 10.1. The van der Waals surface area contributed by atoms with Crippen molar-refractivity contribution in [3.05, 3.63) is 40.0 Å². The van der Waals surface area contributed by atoms with E-state index in [2.05, 4.69) is 10.2 Å². The van der Waals surface area contributed by atoms with Gasteiger partial charge in [-0.15, -0.1) is 0 Å². The molecule has 4 nitrogen and oxygen atoms in total. The Kier molecular flexibility index (Phi) is 2.85. The van der Waals surface area contributed by atoms with Gasteiger partial charge < -0.3 is 9.90 Å². The maximum absolute atomic E-state index is 10.5. The smallest absolute Gasteiger partial charge is 0.0942 e. The van der Waals surface area contributed by atoms with Crippen LogP contribution in [0.2, 0.25) is 10.0 Å². The average Bonchev–Trinajstić information content (AvgIpc) is 2.66. The van der Waals surface area contributed by atoms with Gasteiger partial charge in [-0.25, -0.2) is 0 Å². The van der Waals surface area contributed by atoms with Crippen LogP contribution in [0.15, 0.2) is 24.3 Å². The van der Waals surface area contributed by atoms with Crippen molar-refractivity contribution >= 4 is 29.2 Å². The molecule has 0 aliphatic carbocycles. The molecule has 2 rings (SSSR count). The maximum Gasteiger partial charge on any atom is 0.0942 e. The third-order valence-corrected chi connectivity index (χ3v) is 2.55. The van der Waals surface area contributed by atoms with Crippen LogP contribution in [0.5, 0.6) is 0 Å². The number of nitrogens with one attached hydrogen (secondary N) is 1. The van der Waals surface area contributed by atoms with Gasteiger partial charge >= 0.3 is 0 Å². The van der Waals surface area contributed by atoms with E-state index in [1.54, 1.807) is 18.2 Å². The molecule has 0 atom stereocenters. The van der Waals surface area contributed by atoms with Crippen molar-refractivity contribution < 1.29 is 9.90 Å². The van der Waals surface area contributed by atoms with E-state index >= 15 is 0 Å². The fourth-order valence-corrected chi connectivity index (χ4v) is 1.77. The number of nitrogens with zero attached hydrogens (tertiary/aromatic N) is 1. The molecular weight excluding hydrogens is 251 g/mol. The van der Waals surface area contributed by atoms with Crippen LogP contribution in [0.1, 0.15) is 10.5 Å². The summed E-state index contributed by atoms with van der Waals surface area (Å²) >= 11 is 11.7. The minimum Gasteiger partial charge on any atom is -0.543 e. The van der Waals surface area contributed by atoms with E-state index in [1.807, 2.05) is 0 Å². The summed E-state index contributed by atoms with van der Waals surface area (Å²) in [5.41, 5.74) is 0.941. The molecule has 1 aromatic heterocycles. The maximum atomic E-state index is 10.5. The zero-order valence-electron chi connectivity index (χ0n) is 7.83. The molecule has 1 heterocycles. The molecule has 0 aliphatic heterocycles. The number of aromatic nitrogens is 2. The van der Waals surface area contributed by atoms with Gasteiger partial charge in [-0.05, 0) is 24.3 Å². The van der Waals surface area contributed by atoms with Crippen molar-refractivity contribution in [2.24, 2.45) is 0 Å². The van der Waals surface area contributed by atoms with Crippen LogP contribution in [0.25, 0.3) is 11.3 Å². The summed E-state index contributed by atoms with van der Waals surface area (Å²) < 4.78 is 0. The predicted molar refractivity (Wildman–Crippen MR) is 58.4 cm³/mol. The molecule has 16 heavy (non-hydrogen) atoms. The lowest BCUT2D eigenvalue weighted by molar-refractivity contribution is -0.255. The van der Waals surface area contributed by atoms with Crippen LogP contribution in [-0.4, -0.2) is 16.2 Å². The fraction of sp³-hybridized carbons (Fsp3) is 0. The Morgan fingerprint density at radius 1 is 1.31 bits per heavy atom. The standard InChI is InChI=1S/C10H6Cl2N2O2/c11-5-1-2-6(7(12)3-5)8-4-9(10(15)16)14-13-8/h1-4H,(H,13,14)(H,15,16)/p-1. The van der Waals surface area contributed by atoms with E-state index in [0.29, 0.717) is 21.3 Å². The summed E-state index contributed by atoms with van der Waals surface area (Å²) in [6.07, 6.45) is 0. The normalized spacial score (nSPS) is 10.4. The van der Waals surface area contributed by atoms with Gasteiger partial charge in [-0.3, -0.25) is 5.10 Å². The first-order valence-electron chi connectivity index (χ1n) is 4.30. The van der Waals surface area contributed by atoms with Crippen molar-refractivity contribution in [2.45, 2.75) is 0 Å². The number of carboxylic acid groups (broad SMARTS) is 1. The molecule has 0 unspecified atom stereocenters. The molecule has 0 bridgehead atoms. The summed E-state index contributed by atoms with van der Waals surface area (Å²) in [6, 6.07) is 6.23. The van der Waals surface area contributed by atoms with Crippen LogP contribution < -0.4 is 5.11 Å². The van der Waals surface area contributed by atoms with Crippen LogP contribution in [0, 0.1) is 0 Å². The van der Waals surface area contributed by atoms with Gasteiger partial charge in [-0.2, -0.15) is 5.10 Å². The molecular formula is C10H5Cl2N2O2-. The summed E-state index contributed by atoms with van der Waals surface area (Å²) in [7, 11) is 0. The Balaban J connectivity index is 2.46. The van der Waals surface area contributed by atoms with E-state index in [9.17, 15) is 9.90 Å². The first-order chi connectivity index (χ1) is 7.58. The number of H-pyrrole nitrogens is 1. The highest BCUT2D eigenvalue weighted by atomic mass is 35.5. The Hall–Kier alpha value is -1.52. The topological polar surface area (TPSA) is 68.8 Å². The molecule has 0 amide bonds. The average molecular weight is 256 g/mol. The summed E-state index contributed by atoms with van der Waals surface area (Å²) in [5.74, 6) is -1.32. The molecule has 0 fully saturated rings. The predicted octanol–water partition coefficient (Wildman–Crippen LogP) is 1.75. The van der Waals surface area contributed by atoms with Gasteiger partial charge in [0.1, 0.15) is 0 Å². The number of rotatable bonds is 2. The molecule has 82 valence electrons. The highest BCUT2D eigenvalue weighted by Crippen LogP contribution is 2.29. The lowest BCUT2D eigenvalue weighted by Gasteiger charge is -2.00. The van der Waals surface area contributed by atoms with Gasteiger partial charge in [0.2, 0.25) is 0 Å². The molecule has 6 heteroatoms. The van der Waals surface area contributed by atoms with Crippen molar-refractivity contribution in [2.75, 3.05) is 0 Å². The second-order valence-electron chi connectivity index (χ2n) is 3.08. The van der Waals surface area contributed by atoms with Crippen molar-refractivity contribution in [1.82, 2.24) is 10.2 Å². The third kappa shape index (κ3) is 2.03. The molecule has 0 saturated carbocycles. The zero-order chi connectivity index (χ0) is 11.7. The van der Waals surface area contributed by atoms with E-state index in [-0.39, 0.29) is 5.69 Å². The number of carbonyl (C=O) groups is 1. The van der Waals surface area contributed by atoms with Crippen LogP contribution in [0.4, 0.5) is 0 Å². The van der Waals surface area contributed by atoms with Crippen molar-refractivity contribution in [1.29, 1.82) is 0 Å². The number of aromatic amines is 1. The first kappa shape index (κ1) is 11.0. The SMILES string of the molecule is O=C([O-])c1cc(-c2ccc(Cl)cc2Cl)n[nH]1. The number of hydrogen-bond acceptors (Lipinski definition) is 3. The van der Waals surface area contributed by atoms with E-state index < -0.39 is 5.97 Å². The molecule has 0 aliphatic rings. The Labute approximate surface area is 101 Å². The van der Waals surface area contributed by atoms with Crippen molar-refractivity contribution in [3.63, 3.8) is 0 Å². The highest BCUT2D eigenvalue weighted by molar-refractivity contribution is 6.36. The Morgan fingerprint density at radius 2 is 2.06 bits per heavy atom. The van der Waals surface area contributed by atoms with Gasteiger partial charge in [-0.1, -0.05) is 23.2 Å². The minimum atomic E-state index is -1.32. The molecule has 1 aromatic carbocycles. The summed E-state index contributed by atoms with van der Waals surface area (Å²) in [5, 5.41) is 17.6. The first-order valence-corrected chi connectivity index (χ1v) is 5.05. The van der Waals surface area contributed by atoms with E-state index in [0.717, 1.165) is 0 Å². The molecule has 0 radical (unpaired) electrons. The van der Waals surface area contributed by atoms with Gasteiger partial charge in [0.05, 0.1) is 22.4 Å². The van der Waals surface area contributed by atoms with E-state index in [4.69, 9.17) is 23.2 Å². The summed E-state index contributed by atoms with van der Waals surface area (Å²) in [4.78, 5) is 10.5. The highest BCUT2D eigenvalue weighted by Gasteiger charge is 2.08. The minimum absolute atomic E-state index is 0.0963. The summed E-state index contributed by atoms with van der Waals surface area (Å²) in [6.45, 7) is 0. The molecule has 2 aromatic rings. The lowest BCUT2D eigenvalue weighted by Crippen LogP contribution is -2.22. The fourth-order valence-electron chi connectivity index (χ4n) is 1.26. The third-order valence-electron chi connectivity index (χ3n) is 2.00. The monoisotopic (exact) mass is 255 g/mol. The van der Waals surface area contributed by atoms with Crippen molar-refractivity contribution in [3.8, 4) is 11.3 Å². The second-order valence-corrected chi connectivity index (χ2v) is 3.92. The van der Waals surface area contributed by atoms with E-state index in [1.165, 1.54) is 6.07 Å².